The molecule has 0 bridgehead atoms. The van der Waals surface area contributed by atoms with Crippen LogP contribution in [0.4, 0.5) is 0 Å². The predicted octanol–water partition coefficient (Wildman–Crippen LogP) is 18.6. The molecule has 66 heavy (non-hydrogen) atoms. The number of unbranched alkanes of at least 4 members (excludes halogenated alkanes) is 27. The fraction of sp³-hybridized carbons (Fsp3) is 0.750. The fourth-order valence-electron chi connectivity index (χ4n) is 7.76. The number of rotatable bonds is 50. The fourth-order valence-corrected chi connectivity index (χ4v) is 7.76. The van der Waals surface area contributed by atoms with Crippen LogP contribution < -0.4 is 0 Å². The Hall–Kier alpha value is -3.15. The Kier molecular flexibility index (Phi) is 51.9. The number of hydrogen-bond acceptors (Lipinski definition) is 6. The van der Waals surface area contributed by atoms with Gasteiger partial charge in [-0.05, 0) is 89.9 Å². The molecule has 0 aliphatic heterocycles. The van der Waals surface area contributed by atoms with E-state index in [1.807, 2.05) is 0 Å². The van der Waals surface area contributed by atoms with Crippen molar-refractivity contribution in [3.05, 3.63) is 72.9 Å². The monoisotopic (exact) mass is 921 g/mol. The summed E-state index contributed by atoms with van der Waals surface area (Å²) in [5.74, 6) is -0.921. The number of ether oxygens (including phenoxy) is 3. The highest BCUT2D eigenvalue weighted by Crippen LogP contribution is 2.15. The van der Waals surface area contributed by atoms with E-state index in [-0.39, 0.29) is 31.1 Å². The predicted molar refractivity (Wildman–Crippen MR) is 284 cm³/mol. The molecule has 0 aliphatic rings. The van der Waals surface area contributed by atoms with E-state index in [1.54, 1.807) is 0 Å². The van der Waals surface area contributed by atoms with Crippen molar-refractivity contribution in [1.82, 2.24) is 0 Å². The van der Waals surface area contributed by atoms with E-state index in [9.17, 15) is 14.4 Å². The number of allylic oxidation sites excluding steroid dienone is 12. The Bertz CT molecular complexity index is 1240. The van der Waals surface area contributed by atoms with Gasteiger partial charge in [0.25, 0.3) is 0 Å². The summed E-state index contributed by atoms with van der Waals surface area (Å²) in [7, 11) is 0. The lowest BCUT2D eigenvalue weighted by molar-refractivity contribution is -0.167. The molecule has 0 aromatic heterocycles. The van der Waals surface area contributed by atoms with Crippen LogP contribution in [0, 0.1) is 0 Å². The van der Waals surface area contributed by atoms with E-state index < -0.39 is 6.10 Å². The van der Waals surface area contributed by atoms with Gasteiger partial charge in [-0.25, -0.2) is 0 Å². The molecule has 6 heteroatoms. The van der Waals surface area contributed by atoms with Gasteiger partial charge in [0.05, 0.1) is 0 Å². The maximum absolute atomic E-state index is 12.8. The highest BCUT2D eigenvalue weighted by molar-refractivity contribution is 5.71. The molecule has 6 nitrogen and oxygen atoms in total. The van der Waals surface area contributed by atoms with Gasteiger partial charge in [-0.2, -0.15) is 0 Å². The first kappa shape index (κ1) is 62.8. The molecule has 0 fully saturated rings. The average Bonchev–Trinajstić information content (AvgIpc) is 3.31. The van der Waals surface area contributed by atoms with E-state index in [1.165, 1.54) is 128 Å². The standard InChI is InChI=1S/C60H104O6/c1-4-7-10-13-16-19-22-25-28-29-30-31-33-35-38-41-44-47-50-53-59(62)65-56-57(55-64-58(61)52-49-46-43-40-37-34-27-24-21-18-15-12-9-6-3)66-60(63)54-51-48-45-42-39-36-32-26-23-20-17-14-11-8-5-2/h7,10,16,19,24-25,27-28,30-31,35,38,57H,4-6,8-9,11-15,17-18,20-23,26,29,32-34,36-37,39-56H2,1-3H3/b10-7-,19-16-,27-24-,28-25-,31-30-,38-35-/t57-/m1/s1. The molecule has 0 rings (SSSR count). The molecule has 0 spiro atoms. The summed E-state index contributed by atoms with van der Waals surface area (Å²) in [5, 5.41) is 0. The Morgan fingerprint density at radius 1 is 0.318 bits per heavy atom. The van der Waals surface area contributed by atoms with E-state index in [0.717, 1.165) is 103 Å². The van der Waals surface area contributed by atoms with Crippen LogP contribution in [-0.4, -0.2) is 37.2 Å². The van der Waals surface area contributed by atoms with Crippen molar-refractivity contribution in [2.24, 2.45) is 0 Å². The molecule has 1 atom stereocenters. The minimum absolute atomic E-state index is 0.0884. The summed E-state index contributed by atoms with van der Waals surface area (Å²) in [6, 6.07) is 0. The number of hydrogen-bond donors (Lipinski definition) is 0. The zero-order valence-electron chi connectivity index (χ0n) is 43.4. The van der Waals surface area contributed by atoms with Crippen molar-refractivity contribution in [3.8, 4) is 0 Å². The van der Waals surface area contributed by atoms with Crippen LogP contribution in [0.1, 0.15) is 271 Å². The van der Waals surface area contributed by atoms with E-state index in [0.29, 0.717) is 19.3 Å². The van der Waals surface area contributed by atoms with Crippen LogP contribution in [0.3, 0.4) is 0 Å². The molecule has 0 aromatic rings. The molecule has 0 saturated heterocycles. The smallest absolute Gasteiger partial charge is 0.306 e. The Morgan fingerprint density at radius 3 is 0.955 bits per heavy atom. The topological polar surface area (TPSA) is 78.9 Å². The van der Waals surface area contributed by atoms with Crippen LogP contribution in [0.2, 0.25) is 0 Å². The molecule has 0 heterocycles. The van der Waals surface area contributed by atoms with Gasteiger partial charge >= 0.3 is 17.9 Å². The van der Waals surface area contributed by atoms with Crippen molar-refractivity contribution in [2.45, 2.75) is 277 Å². The average molecular weight is 921 g/mol. The van der Waals surface area contributed by atoms with Crippen molar-refractivity contribution in [1.29, 1.82) is 0 Å². The van der Waals surface area contributed by atoms with Gasteiger partial charge in [0.15, 0.2) is 6.10 Å². The number of carbonyl (C=O) groups is 3. The van der Waals surface area contributed by atoms with Gasteiger partial charge in [-0.15, -0.1) is 0 Å². The van der Waals surface area contributed by atoms with Gasteiger partial charge in [0.1, 0.15) is 13.2 Å². The third kappa shape index (κ3) is 51.8. The molecule has 0 unspecified atom stereocenters. The second-order valence-electron chi connectivity index (χ2n) is 18.5. The summed E-state index contributed by atoms with van der Waals surface area (Å²) >= 11 is 0. The molecule has 0 aromatic carbocycles. The summed E-state index contributed by atoms with van der Waals surface area (Å²) in [6.45, 7) is 6.50. The van der Waals surface area contributed by atoms with Crippen LogP contribution in [0.25, 0.3) is 0 Å². The Labute approximate surface area is 408 Å². The molecule has 0 amide bonds. The van der Waals surface area contributed by atoms with Gasteiger partial charge in [-0.3, -0.25) is 14.4 Å². The normalized spacial score (nSPS) is 12.6. The minimum Gasteiger partial charge on any atom is -0.462 e. The maximum atomic E-state index is 12.8. The van der Waals surface area contributed by atoms with Crippen molar-refractivity contribution >= 4 is 17.9 Å². The zero-order chi connectivity index (χ0) is 47.9. The van der Waals surface area contributed by atoms with Crippen molar-refractivity contribution in [2.75, 3.05) is 13.2 Å². The molecule has 380 valence electrons. The van der Waals surface area contributed by atoms with Crippen LogP contribution in [0.5, 0.6) is 0 Å². The summed E-state index contributed by atoms with van der Waals surface area (Å²) in [6.07, 6.45) is 68.8. The van der Waals surface area contributed by atoms with E-state index >= 15 is 0 Å². The molecular weight excluding hydrogens is 817 g/mol. The van der Waals surface area contributed by atoms with Crippen LogP contribution >= 0.6 is 0 Å². The van der Waals surface area contributed by atoms with Gasteiger partial charge in [0.2, 0.25) is 0 Å². The lowest BCUT2D eigenvalue weighted by atomic mass is 10.0. The Balaban J connectivity index is 4.43. The summed E-state index contributed by atoms with van der Waals surface area (Å²) in [5.41, 5.74) is 0. The second kappa shape index (κ2) is 54.5. The minimum atomic E-state index is -0.790. The molecule has 0 radical (unpaired) electrons. The summed E-state index contributed by atoms with van der Waals surface area (Å²) in [4.78, 5) is 38.1. The first-order valence-corrected chi connectivity index (χ1v) is 27.9. The van der Waals surface area contributed by atoms with Crippen molar-refractivity contribution < 1.29 is 28.6 Å². The summed E-state index contributed by atoms with van der Waals surface area (Å²) < 4.78 is 16.8. The van der Waals surface area contributed by atoms with Crippen LogP contribution in [0.15, 0.2) is 72.9 Å². The largest absolute Gasteiger partial charge is 0.462 e. The zero-order valence-corrected chi connectivity index (χ0v) is 43.4. The third-order valence-electron chi connectivity index (χ3n) is 11.9. The lowest BCUT2D eigenvalue weighted by Crippen LogP contribution is -2.30. The highest BCUT2D eigenvalue weighted by atomic mass is 16.6. The van der Waals surface area contributed by atoms with Crippen LogP contribution in [-0.2, 0) is 28.6 Å². The third-order valence-corrected chi connectivity index (χ3v) is 11.9. The van der Waals surface area contributed by atoms with Crippen molar-refractivity contribution in [3.63, 3.8) is 0 Å². The second-order valence-corrected chi connectivity index (χ2v) is 18.5. The van der Waals surface area contributed by atoms with Gasteiger partial charge in [0, 0.05) is 19.3 Å². The Morgan fingerprint density at radius 2 is 0.591 bits per heavy atom. The van der Waals surface area contributed by atoms with E-state index in [4.69, 9.17) is 14.2 Å². The lowest BCUT2D eigenvalue weighted by Gasteiger charge is -2.18. The SMILES string of the molecule is CC/C=C\C/C=C\C/C=C\C/C=C\C/C=C\CCCCCC(=O)OC[C@@H](COC(=O)CCCCCCC/C=C\CCCCCCC)OC(=O)CCCCCCCCCCCCCCCCC. The quantitative estimate of drug-likeness (QED) is 0.0262. The highest BCUT2D eigenvalue weighted by Gasteiger charge is 2.19. The molecule has 0 saturated carbocycles. The molecular formula is C60H104O6. The molecule has 0 N–H and O–H groups in total. The van der Waals surface area contributed by atoms with Gasteiger partial charge < -0.3 is 14.2 Å². The van der Waals surface area contributed by atoms with Gasteiger partial charge in [-0.1, -0.05) is 235 Å². The van der Waals surface area contributed by atoms with E-state index in [2.05, 4.69) is 93.7 Å². The first-order valence-electron chi connectivity index (χ1n) is 27.9. The first-order chi connectivity index (χ1) is 32.5. The number of carbonyl (C=O) groups excluding carboxylic acids is 3. The maximum Gasteiger partial charge on any atom is 0.306 e. The number of esters is 3. The molecule has 0 aliphatic carbocycles.